The summed E-state index contributed by atoms with van der Waals surface area (Å²) in [7, 11) is 7.64. The Labute approximate surface area is 193 Å². The van der Waals surface area contributed by atoms with Crippen molar-refractivity contribution in [2.75, 3.05) is 7.11 Å². The SMILES string of the molecule is [B]/C(Cc1c(O)cc2oc(-c3ccc(O)c(OC)c3)cc(=O)c2c1O)=C(/C)CCC=C(C)C. The summed E-state index contributed by atoms with van der Waals surface area (Å²) in [6.07, 6.45) is 3.82. The minimum Gasteiger partial charge on any atom is -0.507 e. The fourth-order valence-electron chi connectivity index (χ4n) is 3.56. The standard InChI is InChI=1S/C26H27BO6/c1-14(2)6-5-7-15(3)18(27)11-17-20(29)12-24-25(26(17)31)21(30)13-22(33-24)16-8-9-19(28)23(10-16)32-4/h6,8-10,12-13,28-29,31H,5,7,11H2,1-4H3/b18-15-. The lowest BCUT2D eigenvalue weighted by atomic mass is 9.83. The fourth-order valence-corrected chi connectivity index (χ4v) is 3.56. The molecule has 0 fully saturated rings. The molecule has 170 valence electrons. The molecule has 3 rings (SSSR count). The van der Waals surface area contributed by atoms with Gasteiger partial charge in [-0.25, -0.2) is 0 Å². The van der Waals surface area contributed by atoms with Gasteiger partial charge in [0.25, 0.3) is 0 Å². The van der Waals surface area contributed by atoms with E-state index in [4.69, 9.17) is 17.0 Å². The van der Waals surface area contributed by atoms with Crippen LogP contribution in [0.4, 0.5) is 0 Å². The zero-order valence-corrected chi connectivity index (χ0v) is 19.2. The highest BCUT2D eigenvalue weighted by atomic mass is 16.5. The van der Waals surface area contributed by atoms with Crippen LogP contribution in [0.5, 0.6) is 23.0 Å². The number of hydrogen-bond donors (Lipinski definition) is 3. The molecule has 2 radical (unpaired) electrons. The predicted molar refractivity (Wildman–Crippen MR) is 130 cm³/mol. The smallest absolute Gasteiger partial charge is 0.197 e. The van der Waals surface area contributed by atoms with E-state index >= 15 is 0 Å². The van der Waals surface area contributed by atoms with E-state index in [0.29, 0.717) is 11.0 Å². The summed E-state index contributed by atoms with van der Waals surface area (Å²) < 4.78 is 10.9. The Bertz CT molecular complexity index is 1310. The normalized spacial score (nSPS) is 11.9. The number of benzene rings is 2. The van der Waals surface area contributed by atoms with Crippen molar-refractivity contribution in [3.63, 3.8) is 0 Å². The maximum absolute atomic E-state index is 12.9. The Kier molecular flexibility index (Phi) is 7.21. The third-order valence-corrected chi connectivity index (χ3v) is 5.53. The molecule has 0 aliphatic heterocycles. The first kappa shape index (κ1) is 24.0. The lowest BCUT2D eigenvalue weighted by Gasteiger charge is -2.13. The summed E-state index contributed by atoms with van der Waals surface area (Å²) in [5.41, 5.74) is 2.93. The molecule has 0 aliphatic rings. The largest absolute Gasteiger partial charge is 0.507 e. The van der Waals surface area contributed by atoms with E-state index in [9.17, 15) is 20.1 Å². The molecule has 0 saturated heterocycles. The highest BCUT2D eigenvalue weighted by molar-refractivity contribution is 6.22. The van der Waals surface area contributed by atoms with Crippen molar-refractivity contribution in [2.45, 2.75) is 40.0 Å². The Balaban J connectivity index is 2.02. The number of aromatic hydroxyl groups is 3. The zero-order valence-electron chi connectivity index (χ0n) is 19.2. The molecule has 1 heterocycles. The lowest BCUT2D eigenvalue weighted by Crippen LogP contribution is -2.04. The van der Waals surface area contributed by atoms with Crippen LogP contribution < -0.4 is 10.2 Å². The first-order valence-electron chi connectivity index (χ1n) is 10.6. The van der Waals surface area contributed by atoms with Crippen molar-refractivity contribution in [1.82, 2.24) is 0 Å². The van der Waals surface area contributed by atoms with Crippen molar-refractivity contribution in [3.05, 3.63) is 68.8 Å². The maximum Gasteiger partial charge on any atom is 0.197 e. The summed E-state index contributed by atoms with van der Waals surface area (Å²) in [5, 5.41) is 31.1. The Morgan fingerprint density at radius 2 is 1.82 bits per heavy atom. The summed E-state index contributed by atoms with van der Waals surface area (Å²) in [4.78, 5) is 12.9. The van der Waals surface area contributed by atoms with Crippen molar-refractivity contribution in [2.24, 2.45) is 0 Å². The first-order valence-corrected chi connectivity index (χ1v) is 10.6. The molecule has 2 aromatic carbocycles. The van der Waals surface area contributed by atoms with Crippen molar-refractivity contribution in [3.8, 4) is 34.3 Å². The molecule has 3 N–H and O–H groups in total. The van der Waals surface area contributed by atoms with E-state index in [1.807, 2.05) is 20.8 Å². The van der Waals surface area contributed by atoms with Crippen LogP contribution >= 0.6 is 0 Å². The molecule has 0 unspecified atom stereocenters. The molecule has 0 saturated carbocycles. The number of allylic oxidation sites excluding steroid dienone is 4. The van der Waals surface area contributed by atoms with Crippen LogP contribution in [-0.2, 0) is 6.42 Å². The van der Waals surface area contributed by atoms with E-state index in [-0.39, 0.29) is 51.7 Å². The van der Waals surface area contributed by atoms with Crippen LogP contribution in [0.25, 0.3) is 22.3 Å². The van der Waals surface area contributed by atoms with Crippen molar-refractivity contribution >= 4 is 18.8 Å². The lowest BCUT2D eigenvalue weighted by molar-refractivity contribution is 0.373. The van der Waals surface area contributed by atoms with E-state index in [0.717, 1.165) is 18.4 Å². The third kappa shape index (κ3) is 5.25. The Hall–Kier alpha value is -3.61. The van der Waals surface area contributed by atoms with Gasteiger partial charge in [-0.05, 0) is 58.2 Å². The third-order valence-electron chi connectivity index (χ3n) is 5.53. The Morgan fingerprint density at radius 3 is 2.48 bits per heavy atom. The molecular formula is C26H27BO6. The number of hydrogen-bond acceptors (Lipinski definition) is 6. The second-order valence-electron chi connectivity index (χ2n) is 8.26. The second-order valence-corrected chi connectivity index (χ2v) is 8.26. The molecule has 7 heteroatoms. The van der Waals surface area contributed by atoms with Crippen LogP contribution in [0.3, 0.4) is 0 Å². The van der Waals surface area contributed by atoms with Gasteiger partial charge in [0.15, 0.2) is 16.9 Å². The molecule has 0 bridgehead atoms. The Morgan fingerprint density at radius 1 is 1.09 bits per heavy atom. The van der Waals surface area contributed by atoms with E-state index < -0.39 is 5.43 Å². The average Bonchev–Trinajstić information content (AvgIpc) is 2.75. The van der Waals surface area contributed by atoms with Gasteiger partial charge < -0.3 is 24.5 Å². The van der Waals surface area contributed by atoms with Gasteiger partial charge in [0.2, 0.25) is 0 Å². The highest BCUT2D eigenvalue weighted by Crippen LogP contribution is 2.38. The van der Waals surface area contributed by atoms with Gasteiger partial charge in [-0.1, -0.05) is 17.2 Å². The van der Waals surface area contributed by atoms with E-state index in [1.54, 1.807) is 6.07 Å². The number of methoxy groups -OCH3 is 1. The summed E-state index contributed by atoms with van der Waals surface area (Å²) in [5.74, 6) is -0.200. The summed E-state index contributed by atoms with van der Waals surface area (Å²) >= 11 is 0. The maximum atomic E-state index is 12.9. The minimum atomic E-state index is -0.472. The van der Waals surface area contributed by atoms with Gasteiger partial charge in [0.05, 0.1) is 7.11 Å². The minimum absolute atomic E-state index is 0.0334. The number of ether oxygens (including phenoxy) is 1. The van der Waals surface area contributed by atoms with Gasteiger partial charge >= 0.3 is 0 Å². The molecule has 0 spiro atoms. The van der Waals surface area contributed by atoms with Crippen LogP contribution in [0.1, 0.15) is 39.2 Å². The predicted octanol–water partition coefficient (Wildman–Crippen LogP) is 5.32. The molecule has 0 atom stereocenters. The van der Waals surface area contributed by atoms with Crippen molar-refractivity contribution in [1.29, 1.82) is 0 Å². The average molecular weight is 446 g/mol. The number of fused-ring (bicyclic) bond motifs is 1. The molecule has 33 heavy (non-hydrogen) atoms. The van der Waals surface area contributed by atoms with Crippen LogP contribution in [0.15, 0.2) is 62.2 Å². The van der Waals surface area contributed by atoms with Gasteiger partial charge in [-0.15, -0.1) is 5.47 Å². The molecule has 1 aromatic heterocycles. The number of phenolic OH excluding ortho intramolecular Hbond substituents is 3. The quantitative estimate of drug-likeness (QED) is 0.336. The fraction of sp³-hybridized carbons (Fsp3) is 0.269. The molecule has 0 aliphatic carbocycles. The van der Waals surface area contributed by atoms with Gasteiger partial charge in [0.1, 0.15) is 36.1 Å². The monoisotopic (exact) mass is 446 g/mol. The zero-order chi connectivity index (χ0) is 24.3. The van der Waals surface area contributed by atoms with Gasteiger partial charge in [-0.2, -0.15) is 0 Å². The first-order chi connectivity index (χ1) is 15.6. The van der Waals surface area contributed by atoms with Crippen LogP contribution in [0.2, 0.25) is 0 Å². The molecular weight excluding hydrogens is 419 g/mol. The van der Waals surface area contributed by atoms with E-state index in [2.05, 4.69) is 6.08 Å². The summed E-state index contributed by atoms with van der Waals surface area (Å²) in [6.45, 7) is 5.97. The van der Waals surface area contributed by atoms with Crippen LogP contribution in [-0.4, -0.2) is 30.3 Å². The molecule has 3 aromatic rings. The van der Waals surface area contributed by atoms with Gasteiger partial charge in [-0.3, -0.25) is 4.79 Å². The van der Waals surface area contributed by atoms with E-state index in [1.165, 1.54) is 36.9 Å². The second kappa shape index (κ2) is 9.90. The molecule has 6 nitrogen and oxygen atoms in total. The van der Waals surface area contributed by atoms with Gasteiger partial charge in [0, 0.05) is 23.3 Å². The molecule has 0 amide bonds. The van der Waals surface area contributed by atoms with Crippen molar-refractivity contribution < 1.29 is 24.5 Å². The number of phenols is 3. The topological polar surface area (TPSA) is 100 Å². The van der Waals surface area contributed by atoms with Crippen LogP contribution in [0, 0.1) is 0 Å². The highest BCUT2D eigenvalue weighted by Gasteiger charge is 2.19. The summed E-state index contributed by atoms with van der Waals surface area (Å²) in [6, 6.07) is 7.07. The number of rotatable bonds is 7.